The minimum Gasteiger partial charge on any atom is -0.494 e. The molecule has 0 aliphatic heterocycles. The molecule has 0 aliphatic carbocycles. The summed E-state index contributed by atoms with van der Waals surface area (Å²) in [5.74, 6) is -0.182. The van der Waals surface area contributed by atoms with E-state index in [1.807, 2.05) is 6.92 Å². The van der Waals surface area contributed by atoms with Gasteiger partial charge in [-0.3, -0.25) is 9.59 Å². The highest BCUT2D eigenvalue weighted by Crippen LogP contribution is 2.14. The molecule has 4 nitrogen and oxygen atoms in total. The Bertz CT molecular complexity index is 384. The first-order valence-corrected chi connectivity index (χ1v) is 5.00. The average molecular weight is 222 g/mol. The van der Waals surface area contributed by atoms with Gasteiger partial charge in [-0.05, 0) is 19.1 Å². The van der Waals surface area contributed by atoms with Gasteiger partial charge in [-0.25, -0.2) is 0 Å². The molecule has 0 fully saturated rings. The minimum atomic E-state index is -0.535. The van der Waals surface area contributed by atoms with Crippen molar-refractivity contribution in [1.82, 2.24) is 0 Å². The van der Waals surface area contributed by atoms with Crippen LogP contribution in [0.15, 0.2) is 24.3 Å². The van der Waals surface area contributed by atoms with Gasteiger partial charge in [0.15, 0.2) is 5.78 Å². The molecular formula is C12H14O4. The Balaban J connectivity index is 2.75. The van der Waals surface area contributed by atoms with Crippen LogP contribution < -0.4 is 4.74 Å². The van der Waals surface area contributed by atoms with Crippen molar-refractivity contribution < 1.29 is 19.1 Å². The van der Waals surface area contributed by atoms with Crippen LogP contribution >= 0.6 is 0 Å². The van der Waals surface area contributed by atoms with Gasteiger partial charge in [0, 0.05) is 5.56 Å². The molecule has 0 unspecified atom stereocenters. The van der Waals surface area contributed by atoms with Crippen LogP contribution in [0.1, 0.15) is 23.7 Å². The summed E-state index contributed by atoms with van der Waals surface area (Å²) in [6.07, 6.45) is -0.244. The maximum absolute atomic E-state index is 11.6. The van der Waals surface area contributed by atoms with Crippen molar-refractivity contribution in [2.75, 3.05) is 13.7 Å². The van der Waals surface area contributed by atoms with Crippen molar-refractivity contribution in [2.45, 2.75) is 13.3 Å². The lowest BCUT2D eigenvalue weighted by Crippen LogP contribution is -2.09. The van der Waals surface area contributed by atoms with E-state index in [-0.39, 0.29) is 12.2 Å². The largest absolute Gasteiger partial charge is 0.494 e. The molecule has 0 saturated heterocycles. The van der Waals surface area contributed by atoms with Gasteiger partial charge in [0.2, 0.25) is 0 Å². The van der Waals surface area contributed by atoms with Crippen molar-refractivity contribution in [2.24, 2.45) is 0 Å². The first-order chi connectivity index (χ1) is 7.67. The second kappa shape index (κ2) is 5.90. The summed E-state index contributed by atoms with van der Waals surface area (Å²) in [4.78, 5) is 22.5. The highest BCUT2D eigenvalue weighted by Gasteiger charge is 2.12. The Labute approximate surface area is 94.2 Å². The Morgan fingerprint density at radius 2 is 2.06 bits per heavy atom. The fourth-order valence-corrected chi connectivity index (χ4v) is 1.23. The van der Waals surface area contributed by atoms with Crippen molar-refractivity contribution >= 4 is 11.8 Å². The number of benzene rings is 1. The SMILES string of the molecule is CCOc1cccc(C(=O)CC(=O)OC)c1. The molecular weight excluding hydrogens is 208 g/mol. The van der Waals surface area contributed by atoms with Crippen LogP contribution in [0.5, 0.6) is 5.75 Å². The normalized spacial score (nSPS) is 9.62. The summed E-state index contributed by atoms with van der Waals surface area (Å²) in [6.45, 7) is 2.40. The second-order valence-electron chi connectivity index (χ2n) is 3.14. The van der Waals surface area contributed by atoms with Gasteiger partial charge in [-0.1, -0.05) is 12.1 Å². The van der Waals surface area contributed by atoms with Crippen molar-refractivity contribution in [1.29, 1.82) is 0 Å². The van der Waals surface area contributed by atoms with E-state index in [1.165, 1.54) is 7.11 Å². The number of carbonyl (C=O) groups excluding carboxylic acids is 2. The van der Waals surface area contributed by atoms with Gasteiger partial charge < -0.3 is 9.47 Å². The molecule has 0 heterocycles. The maximum atomic E-state index is 11.6. The summed E-state index contributed by atoms with van der Waals surface area (Å²) >= 11 is 0. The Morgan fingerprint density at radius 1 is 1.31 bits per heavy atom. The predicted octanol–water partition coefficient (Wildman–Crippen LogP) is 1.83. The summed E-state index contributed by atoms with van der Waals surface area (Å²) < 4.78 is 9.69. The number of ether oxygens (including phenoxy) is 2. The molecule has 16 heavy (non-hydrogen) atoms. The van der Waals surface area contributed by atoms with E-state index in [0.29, 0.717) is 17.9 Å². The first-order valence-electron chi connectivity index (χ1n) is 5.00. The minimum absolute atomic E-state index is 0.244. The van der Waals surface area contributed by atoms with E-state index >= 15 is 0 Å². The molecule has 0 bridgehead atoms. The first kappa shape index (κ1) is 12.2. The monoisotopic (exact) mass is 222 g/mol. The molecule has 0 aromatic heterocycles. The highest BCUT2D eigenvalue weighted by molar-refractivity contribution is 6.06. The number of ketones is 1. The van der Waals surface area contributed by atoms with E-state index in [1.54, 1.807) is 24.3 Å². The fourth-order valence-electron chi connectivity index (χ4n) is 1.23. The van der Waals surface area contributed by atoms with Gasteiger partial charge >= 0.3 is 5.97 Å². The lowest BCUT2D eigenvalue weighted by molar-refractivity contribution is -0.139. The number of esters is 1. The number of Topliss-reactive ketones (excluding diaryl/α,β-unsaturated/α-hetero) is 1. The Morgan fingerprint density at radius 3 is 2.69 bits per heavy atom. The van der Waals surface area contributed by atoms with Gasteiger partial charge in [0.25, 0.3) is 0 Å². The molecule has 1 rings (SSSR count). The van der Waals surface area contributed by atoms with Crippen LogP contribution in [0, 0.1) is 0 Å². The van der Waals surface area contributed by atoms with Crippen LogP contribution in [-0.4, -0.2) is 25.5 Å². The third-order valence-corrected chi connectivity index (χ3v) is 2.00. The van der Waals surface area contributed by atoms with E-state index in [0.717, 1.165) is 0 Å². The topological polar surface area (TPSA) is 52.6 Å². The summed E-state index contributed by atoms with van der Waals surface area (Å²) in [5, 5.41) is 0. The molecule has 86 valence electrons. The average Bonchev–Trinajstić information content (AvgIpc) is 2.29. The molecule has 0 radical (unpaired) electrons. The van der Waals surface area contributed by atoms with Crippen LogP contribution in [0.2, 0.25) is 0 Å². The van der Waals surface area contributed by atoms with E-state index in [4.69, 9.17) is 4.74 Å². The second-order valence-corrected chi connectivity index (χ2v) is 3.14. The number of hydrogen-bond acceptors (Lipinski definition) is 4. The Kier molecular flexibility index (Phi) is 4.51. The van der Waals surface area contributed by atoms with E-state index < -0.39 is 5.97 Å². The lowest BCUT2D eigenvalue weighted by atomic mass is 10.1. The van der Waals surface area contributed by atoms with Crippen LogP contribution in [0.4, 0.5) is 0 Å². The zero-order valence-electron chi connectivity index (χ0n) is 9.36. The smallest absolute Gasteiger partial charge is 0.313 e. The van der Waals surface area contributed by atoms with Crippen molar-refractivity contribution in [3.05, 3.63) is 29.8 Å². The van der Waals surface area contributed by atoms with Gasteiger partial charge in [0.05, 0.1) is 13.7 Å². The molecule has 0 amide bonds. The Hall–Kier alpha value is -1.84. The van der Waals surface area contributed by atoms with Gasteiger partial charge in [-0.2, -0.15) is 0 Å². The van der Waals surface area contributed by atoms with Crippen LogP contribution in [0.3, 0.4) is 0 Å². The van der Waals surface area contributed by atoms with Crippen molar-refractivity contribution in [3.63, 3.8) is 0 Å². The summed E-state index contributed by atoms with van der Waals surface area (Å²) in [5.41, 5.74) is 0.455. The number of methoxy groups -OCH3 is 1. The zero-order chi connectivity index (χ0) is 12.0. The van der Waals surface area contributed by atoms with Crippen molar-refractivity contribution in [3.8, 4) is 5.75 Å². The molecule has 1 aromatic carbocycles. The molecule has 0 N–H and O–H groups in total. The molecule has 0 atom stereocenters. The molecule has 1 aromatic rings. The standard InChI is InChI=1S/C12H14O4/c1-3-16-10-6-4-5-9(7-10)11(13)8-12(14)15-2/h4-7H,3,8H2,1-2H3. The zero-order valence-corrected chi connectivity index (χ0v) is 9.36. The number of hydrogen-bond donors (Lipinski definition) is 0. The van der Waals surface area contributed by atoms with Crippen LogP contribution in [0.25, 0.3) is 0 Å². The quantitative estimate of drug-likeness (QED) is 0.433. The summed E-state index contributed by atoms with van der Waals surface area (Å²) in [7, 11) is 1.26. The van der Waals surface area contributed by atoms with Gasteiger partial charge in [0.1, 0.15) is 12.2 Å². The van der Waals surface area contributed by atoms with Gasteiger partial charge in [-0.15, -0.1) is 0 Å². The predicted molar refractivity (Wildman–Crippen MR) is 58.6 cm³/mol. The molecule has 0 aliphatic rings. The summed E-state index contributed by atoms with van der Waals surface area (Å²) in [6, 6.07) is 6.75. The maximum Gasteiger partial charge on any atom is 0.313 e. The third-order valence-electron chi connectivity index (χ3n) is 2.00. The van der Waals surface area contributed by atoms with E-state index in [9.17, 15) is 9.59 Å². The fraction of sp³-hybridized carbons (Fsp3) is 0.333. The number of rotatable bonds is 5. The third kappa shape index (κ3) is 3.38. The number of carbonyl (C=O) groups is 2. The van der Waals surface area contributed by atoms with E-state index in [2.05, 4.69) is 4.74 Å². The molecule has 0 spiro atoms. The highest BCUT2D eigenvalue weighted by atomic mass is 16.5. The van der Waals surface area contributed by atoms with Crippen LogP contribution in [-0.2, 0) is 9.53 Å². The molecule has 0 saturated carbocycles. The molecule has 4 heteroatoms. The lowest BCUT2D eigenvalue weighted by Gasteiger charge is -2.04.